The molecule has 1 amide bonds. The standard InChI is InChI=1S/C34H46N4O3/c1-22(2)16-23-4-3-5-25(9-6-23)26-12-14-27(15-13-26)29-18-36-32(37-19-29)28-10-7-24(8-11-28)17-31(35)33(39)38-20-30(21-38)34(40)41/h7-8,10-11,14,18-19,22-23,25-26,30-31H,3-6,9,12-13,15-17,20-21,35H2,1-2H3,(H,40,41). The first-order valence-corrected chi connectivity index (χ1v) is 15.6. The Morgan fingerprint density at radius 1 is 0.976 bits per heavy atom. The Bertz CT molecular complexity index is 1220. The van der Waals surface area contributed by atoms with Crippen molar-refractivity contribution in [3.63, 3.8) is 0 Å². The first-order chi connectivity index (χ1) is 19.8. The van der Waals surface area contributed by atoms with Crippen LogP contribution in [0.4, 0.5) is 0 Å². The molecule has 1 aromatic carbocycles. The third-order valence-electron chi connectivity index (χ3n) is 9.61. The summed E-state index contributed by atoms with van der Waals surface area (Å²) in [6.45, 7) is 5.21. The smallest absolute Gasteiger partial charge is 0.310 e. The van der Waals surface area contributed by atoms with Crippen LogP contribution in [0.25, 0.3) is 17.0 Å². The molecule has 1 aromatic heterocycles. The number of nitrogens with two attached hydrogens (primary N) is 1. The van der Waals surface area contributed by atoms with Gasteiger partial charge in [-0.1, -0.05) is 69.9 Å². The average Bonchev–Trinajstić information content (AvgIpc) is 3.18. The van der Waals surface area contributed by atoms with E-state index in [-0.39, 0.29) is 19.0 Å². The van der Waals surface area contributed by atoms with E-state index in [1.165, 1.54) is 61.8 Å². The van der Waals surface area contributed by atoms with Crippen LogP contribution in [0.15, 0.2) is 42.7 Å². The van der Waals surface area contributed by atoms with E-state index < -0.39 is 17.9 Å². The molecule has 5 rings (SSSR count). The second-order valence-corrected chi connectivity index (χ2v) is 13.1. The van der Waals surface area contributed by atoms with Gasteiger partial charge in [0.25, 0.3) is 0 Å². The number of likely N-dealkylation sites (tertiary alicyclic amines) is 1. The maximum atomic E-state index is 12.5. The van der Waals surface area contributed by atoms with Crippen molar-refractivity contribution >= 4 is 17.4 Å². The van der Waals surface area contributed by atoms with Gasteiger partial charge in [0.2, 0.25) is 5.91 Å². The summed E-state index contributed by atoms with van der Waals surface area (Å²) in [7, 11) is 0. The van der Waals surface area contributed by atoms with Gasteiger partial charge in [-0.25, -0.2) is 9.97 Å². The summed E-state index contributed by atoms with van der Waals surface area (Å²) < 4.78 is 0. The molecule has 0 radical (unpaired) electrons. The van der Waals surface area contributed by atoms with E-state index in [0.717, 1.165) is 46.8 Å². The number of allylic oxidation sites excluding steroid dienone is 2. The lowest BCUT2D eigenvalue weighted by molar-refractivity contribution is -0.153. The molecule has 0 spiro atoms. The zero-order valence-electron chi connectivity index (χ0n) is 24.7. The molecule has 2 aromatic rings. The number of aromatic nitrogens is 2. The molecule has 2 fully saturated rings. The van der Waals surface area contributed by atoms with Gasteiger partial charge in [-0.05, 0) is 73.3 Å². The van der Waals surface area contributed by atoms with Gasteiger partial charge in [-0.2, -0.15) is 0 Å². The largest absolute Gasteiger partial charge is 0.481 e. The molecule has 7 heteroatoms. The summed E-state index contributed by atoms with van der Waals surface area (Å²) in [4.78, 5) is 34.3. The van der Waals surface area contributed by atoms with Crippen LogP contribution >= 0.6 is 0 Å². The molecule has 2 aliphatic carbocycles. The maximum Gasteiger partial charge on any atom is 0.310 e. The zero-order valence-corrected chi connectivity index (χ0v) is 24.7. The van der Waals surface area contributed by atoms with E-state index in [0.29, 0.717) is 12.2 Å². The fourth-order valence-electron chi connectivity index (χ4n) is 7.15. The molecule has 4 unspecified atom stereocenters. The molecule has 41 heavy (non-hydrogen) atoms. The first kappa shape index (κ1) is 29.4. The number of carboxylic acids is 1. The van der Waals surface area contributed by atoms with Crippen molar-refractivity contribution in [3.05, 3.63) is 53.9 Å². The van der Waals surface area contributed by atoms with Crippen LogP contribution in [0, 0.1) is 29.6 Å². The van der Waals surface area contributed by atoms with E-state index in [1.54, 1.807) is 0 Å². The number of nitrogens with zero attached hydrogens (tertiary/aromatic N) is 3. The third-order valence-corrected chi connectivity index (χ3v) is 9.61. The molecule has 3 N–H and O–H groups in total. The number of amides is 1. The van der Waals surface area contributed by atoms with Crippen molar-refractivity contribution in [1.29, 1.82) is 0 Å². The lowest BCUT2D eigenvalue weighted by atomic mass is 9.76. The van der Waals surface area contributed by atoms with Gasteiger partial charge in [0.05, 0.1) is 12.0 Å². The number of hydrogen-bond acceptors (Lipinski definition) is 5. The lowest BCUT2D eigenvalue weighted by Gasteiger charge is -2.38. The van der Waals surface area contributed by atoms with Crippen LogP contribution in [0.2, 0.25) is 0 Å². The van der Waals surface area contributed by atoms with Crippen LogP contribution in [0.1, 0.15) is 82.8 Å². The van der Waals surface area contributed by atoms with Crippen molar-refractivity contribution < 1.29 is 14.7 Å². The fraction of sp³-hybridized carbons (Fsp3) is 0.588. The number of aliphatic carboxylic acids is 1. The summed E-state index contributed by atoms with van der Waals surface area (Å²) in [6.07, 6.45) is 18.8. The van der Waals surface area contributed by atoms with Gasteiger partial charge in [0.1, 0.15) is 0 Å². The quantitative estimate of drug-likeness (QED) is 0.366. The number of rotatable bonds is 9. The molecule has 2 heterocycles. The Labute approximate surface area is 244 Å². The van der Waals surface area contributed by atoms with Gasteiger partial charge >= 0.3 is 5.97 Å². The Balaban J connectivity index is 1.11. The van der Waals surface area contributed by atoms with Gasteiger partial charge in [-0.3, -0.25) is 9.59 Å². The van der Waals surface area contributed by atoms with Crippen molar-refractivity contribution in [1.82, 2.24) is 14.9 Å². The van der Waals surface area contributed by atoms with Gasteiger partial charge in [0, 0.05) is 36.6 Å². The Morgan fingerprint density at radius 3 is 2.34 bits per heavy atom. The molecule has 1 saturated heterocycles. The van der Waals surface area contributed by atoms with Crippen molar-refractivity contribution in [2.75, 3.05) is 13.1 Å². The number of carboxylic acid groups (broad SMARTS) is 1. The van der Waals surface area contributed by atoms with Crippen LogP contribution in [0.3, 0.4) is 0 Å². The predicted octanol–water partition coefficient (Wildman–Crippen LogP) is 5.98. The number of carbonyl (C=O) groups excluding carboxylic acids is 1. The Hall–Kier alpha value is -3.06. The summed E-state index contributed by atoms with van der Waals surface area (Å²) in [5.74, 6) is 2.62. The van der Waals surface area contributed by atoms with E-state index in [2.05, 4.69) is 29.9 Å². The van der Waals surface area contributed by atoms with Crippen molar-refractivity contribution in [3.8, 4) is 11.4 Å². The van der Waals surface area contributed by atoms with Crippen LogP contribution in [0.5, 0.6) is 0 Å². The van der Waals surface area contributed by atoms with E-state index in [4.69, 9.17) is 10.8 Å². The molecular weight excluding hydrogens is 512 g/mol. The van der Waals surface area contributed by atoms with E-state index in [1.807, 2.05) is 36.7 Å². The lowest BCUT2D eigenvalue weighted by Crippen LogP contribution is -2.57. The van der Waals surface area contributed by atoms with Crippen molar-refractivity contribution in [2.45, 2.75) is 84.1 Å². The van der Waals surface area contributed by atoms with Crippen molar-refractivity contribution in [2.24, 2.45) is 35.3 Å². The third kappa shape index (κ3) is 7.42. The predicted molar refractivity (Wildman–Crippen MR) is 162 cm³/mol. The summed E-state index contributed by atoms with van der Waals surface area (Å²) >= 11 is 0. The summed E-state index contributed by atoms with van der Waals surface area (Å²) in [5.41, 5.74) is 10.5. The Morgan fingerprint density at radius 2 is 1.71 bits per heavy atom. The molecule has 3 aliphatic rings. The molecule has 7 nitrogen and oxygen atoms in total. The highest BCUT2D eigenvalue weighted by Gasteiger charge is 2.37. The number of hydrogen-bond donors (Lipinski definition) is 2. The van der Waals surface area contributed by atoms with Crippen LogP contribution in [-0.2, 0) is 16.0 Å². The minimum Gasteiger partial charge on any atom is -0.481 e. The monoisotopic (exact) mass is 558 g/mol. The van der Waals surface area contributed by atoms with Gasteiger partial charge < -0.3 is 15.7 Å². The minimum atomic E-state index is -0.863. The fourth-order valence-corrected chi connectivity index (χ4v) is 7.15. The van der Waals surface area contributed by atoms with E-state index in [9.17, 15) is 9.59 Å². The highest BCUT2D eigenvalue weighted by atomic mass is 16.4. The topological polar surface area (TPSA) is 109 Å². The molecule has 1 aliphatic heterocycles. The highest BCUT2D eigenvalue weighted by Crippen LogP contribution is 2.41. The second kappa shape index (κ2) is 13.3. The van der Waals surface area contributed by atoms with Crippen LogP contribution < -0.4 is 5.73 Å². The molecule has 1 saturated carbocycles. The average molecular weight is 559 g/mol. The summed E-state index contributed by atoms with van der Waals surface area (Å²) in [5, 5.41) is 9.01. The molecule has 220 valence electrons. The van der Waals surface area contributed by atoms with Gasteiger partial charge in [0.15, 0.2) is 5.82 Å². The molecular formula is C34H46N4O3. The molecule has 4 atom stereocenters. The Kier molecular flexibility index (Phi) is 9.53. The number of carbonyl (C=O) groups is 2. The zero-order chi connectivity index (χ0) is 28.9. The normalized spacial score (nSPS) is 24.3. The van der Waals surface area contributed by atoms with E-state index >= 15 is 0 Å². The minimum absolute atomic E-state index is 0.196. The maximum absolute atomic E-state index is 12.5. The van der Waals surface area contributed by atoms with Gasteiger partial charge in [-0.15, -0.1) is 0 Å². The number of benzene rings is 1. The second-order valence-electron chi connectivity index (χ2n) is 13.1. The summed E-state index contributed by atoms with van der Waals surface area (Å²) in [6, 6.07) is 7.17. The SMILES string of the molecule is CC(C)CC1CCCC(C2CC=C(c3cnc(-c4ccc(CC(N)C(=O)N5CC(C(=O)O)C5)cc4)nc3)CC2)CC1. The highest BCUT2D eigenvalue weighted by molar-refractivity contribution is 5.85. The van der Waals surface area contributed by atoms with Crippen LogP contribution in [-0.4, -0.2) is 51.0 Å². The first-order valence-electron chi connectivity index (χ1n) is 15.6. The molecule has 0 bridgehead atoms.